The number of nitrogens with one attached hydrogen (secondary N) is 2. The number of carbonyl (C=O) groups excluding carboxylic acids is 1. The number of benzene rings is 1. The highest BCUT2D eigenvalue weighted by molar-refractivity contribution is 5.93. The van der Waals surface area contributed by atoms with Crippen molar-refractivity contribution in [3.8, 4) is 0 Å². The van der Waals surface area contributed by atoms with Crippen LogP contribution in [0.25, 0.3) is 0 Å². The van der Waals surface area contributed by atoms with Gasteiger partial charge in [0.25, 0.3) is 5.91 Å². The van der Waals surface area contributed by atoms with Crippen molar-refractivity contribution >= 4 is 5.91 Å². The Kier molecular flexibility index (Phi) is 5.29. The highest BCUT2D eigenvalue weighted by Crippen LogP contribution is 2.10. The molecular weight excluding hydrogens is 268 g/mol. The van der Waals surface area contributed by atoms with Gasteiger partial charge in [-0.05, 0) is 24.1 Å². The Morgan fingerprint density at radius 3 is 2.71 bits per heavy atom. The number of carbonyl (C=O) groups is 1. The van der Waals surface area contributed by atoms with Gasteiger partial charge in [0.05, 0.1) is 6.61 Å². The van der Waals surface area contributed by atoms with Crippen LogP contribution >= 0.6 is 0 Å². The van der Waals surface area contributed by atoms with Crippen LogP contribution in [0.1, 0.15) is 28.4 Å². The van der Waals surface area contributed by atoms with Crippen molar-refractivity contribution < 1.29 is 9.53 Å². The molecule has 0 radical (unpaired) electrons. The lowest BCUT2D eigenvalue weighted by Crippen LogP contribution is -2.24. The molecule has 2 aromatic rings. The number of hydrogen-bond acceptors (Lipinski definition) is 3. The molecule has 0 aliphatic heterocycles. The van der Waals surface area contributed by atoms with Crippen molar-refractivity contribution in [3.05, 3.63) is 69.6 Å². The summed E-state index contributed by atoms with van der Waals surface area (Å²) in [5, 5.41) is 2.81. The van der Waals surface area contributed by atoms with Crippen molar-refractivity contribution in [2.75, 3.05) is 6.61 Å². The minimum Gasteiger partial charge on any atom is -0.377 e. The lowest BCUT2D eigenvalue weighted by Gasteiger charge is -2.10. The minimum atomic E-state index is -0.292. The van der Waals surface area contributed by atoms with Gasteiger partial charge in [-0.3, -0.25) is 9.59 Å². The predicted molar refractivity (Wildman–Crippen MR) is 80.0 cm³/mol. The zero-order valence-electron chi connectivity index (χ0n) is 11.9. The van der Waals surface area contributed by atoms with Crippen molar-refractivity contribution in [2.24, 2.45) is 0 Å². The Morgan fingerprint density at radius 2 is 2.00 bits per heavy atom. The number of aromatic amines is 1. The third kappa shape index (κ3) is 4.29. The molecular formula is C16H18N2O3. The molecule has 0 bridgehead atoms. The molecule has 1 aromatic heterocycles. The van der Waals surface area contributed by atoms with Gasteiger partial charge in [0.15, 0.2) is 0 Å². The second-order valence-corrected chi connectivity index (χ2v) is 4.53. The van der Waals surface area contributed by atoms with Crippen LogP contribution in [0, 0.1) is 0 Å². The van der Waals surface area contributed by atoms with Gasteiger partial charge < -0.3 is 15.0 Å². The third-order valence-corrected chi connectivity index (χ3v) is 3.06. The lowest BCUT2D eigenvalue weighted by atomic mass is 10.1. The van der Waals surface area contributed by atoms with Crippen LogP contribution in [0.4, 0.5) is 0 Å². The molecule has 0 aliphatic carbocycles. The molecule has 0 aliphatic rings. The molecule has 110 valence electrons. The van der Waals surface area contributed by atoms with Crippen molar-refractivity contribution in [1.29, 1.82) is 0 Å². The first-order valence-corrected chi connectivity index (χ1v) is 6.82. The van der Waals surface area contributed by atoms with E-state index < -0.39 is 0 Å². The van der Waals surface area contributed by atoms with Crippen LogP contribution in [0.5, 0.6) is 0 Å². The van der Waals surface area contributed by atoms with Crippen LogP contribution in [-0.4, -0.2) is 17.5 Å². The van der Waals surface area contributed by atoms with E-state index in [-0.39, 0.29) is 11.5 Å². The number of H-pyrrole nitrogens is 1. The largest absolute Gasteiger partial charge is 0.377 e. The zero-order valence-corrected chi connectivity index (χ0v) is 11.9. The van der Waals surface area contributed by atoms with Crippen LogP contribution in [-0.2, 0) is 17.9 Å². The van der Waals surface area contributed by atoms with E-state index >= 15 is 0 Å². The summed E-state index contributed by atoms with van der Waals surface area (Å²) < 4.78 is 5.41. The molecule has 0 unspecified atom stereocenters. The van der Waals surface area contributed by atoms with E-state index in [0.29, 0.717) is 25.3 Å². The third-order valence-electron chi connectivity index (χ3n) is 3.06. The average molecular weight is 286 g/mol. The van der Waals surface area contributed by atoms with E-state index in [4.69, 9.17) is 4.74 Å². The fourth-order valence-electron chi connectivity index (χ4n) is 1.95. The van der Waals surface area contributed by atoms with Crippen molar-refractivity contribution in [2.45, 2.75) is 20.1 Å². The van der Waals surface area contributed by atoms with Gasteiger partial charge in [-0.1, -0.05) is 24.3 Å². The number of rotatable bonds is 6. The molecule has 1 amide bonds. The highest BCUT2D eigenvalue weighted by Gasteiger charge is 2.07. The van der Waals surface area contributed by atoms with Gasteiger partial charge in [-0.15, -0.1) is 0 Å². The maximum atomic E-state index is 12.0. The number of pyridine rings is 1. The predicted octanol–water partition coefficient (Wildman–Crippen LogP) is 1.84. The van der Waals surface area contributed by atoms with E-state index in [1.807, 2.05) is 31.2 Å². The fourth-order valence-corrected chi connectivity index (χ4v) is 1.95. The van der Waals surface area contributed by atoms with Gasteiger partial charge in [0.2, 0.25) is 5.56 Å². The van der Waals surface area contributed by atoms with Gasteiger partial charge in [-0.2, -0.15) is 0 Å². The standard InChI is InChI=1S/C16H18N2O3/c1-2-21-11-14-6-4-3-5-13(14)10-18-16(20)12-7-8-17-15(19)9-12/h3-9H,2,10-11H2,1H3,(H,17,19)(H,18,20). The first kappa shape index (κ1) is 15.0. The van der Waals surface area contributed by atoms with E-state index in [2.05, 4.69) is 10.3 Å². The Bertz CT molecular complexity index is 664. The summed E-state index contributed by atoms with van der Waals surface area (Å²) >= 11 is 0. The fraction of sp³-hybridized carbons (Fsp3) is 0.250. The van der Waals surface area contributed by atoms with Crippen LogP contribution < -0.4 is 10.9 Å². The molecule has 0 fully saturated rings. The SMILES string of the molecule is CCOCc1ccccc1CNC(=O)c1cc[nH]c(=O)c1. The molecule has 2 N–H and O–H groups in total. The van der Waals surface area contributed by atoms with E-state index in [9.17, 15) is 9.59 Å². The van der Waals surface area contributed by atoms with E-state index in [0.717, 1.165) is 11.1 Å². The molecule has 1 heterocycles. The first-order chi connectivity index (χ1) is 10.2. The molecule has 5 heteroatoms. The van der Waals surface area contributed by atoms with Crippen molar-refractivity contribution in [3.63, 3.8) is 0 Å². The summed E-state index contributed by atoms with van der Waals surface area (Å²) in [6.07, 6.45) is 1.46. The van der Waals surface area contributed by atoms with Gasteiger partial charge >= 0.3 is 0 Å². The number of hydrogen-bond donors (Lipinski definition) is 2. The van der Waals surface area contributed by atoms with Gasteiger partial charge in [0.1, 0.15) is 0 Å². The maximum Gasteiger partial charge on any atom is 0.251 e. The first-order valence-electron chi connectivity index (χ1n) is 6.82. The smallest absolute Gasteiger partial charge is 0.251 e. The molecule has 2 rings (SSSR count). The molecule has 5 nitrogen and oxygen atoms in total. The topological polar surface area (TPSA) is 71.2 Å². The van der Waals surface area contributed by atoms with Gasteiger partial charge in [0, 0.05) is 31.0 Å². The molecule has 0 saturated carbocycles. The Hall–Kier alpha value is -2.40. The van der Waals surface area contributed by atoms with Crippen LogP contribution in [0.3, 0.4) is 0 Å². The lowest BCUT2D eigenvalue weighted by molar-refractivity contribution is 0.0949. The summed E-state index contributed by atoms with van der Waals surface area (Å²) in [5.41, 5.74) is 2.11. The Balaban J connectivity index is 2.03. The molecule has 0 atom stereocenters. The Labute approximate surface area is 123 Å². The monoisotopic (exact) mass is 286 g/mol. The van der Waals surface area contributed by atoms with Crippen LogP contribution in [0.2, 0.25) is 0 Å². The molecule has 0 spiro atoms. The van der Waals surface area contributed by atoms with Crippen molar-refractivity contribution in [1.82, 2.24) is 10.3 Å². The summed E-state index contributed by atoms with van der Waals surface area (Å²) in [6, 6.07) is 10.6. The average Bonchev–Trinajstić information content (AvgIpc) is 2.51. The van der Waals surface area contributed by atoms with Crippen LogP contribution in [0.15, 0.2) is 47.4 Å². The number of amides is 1. The molecule has 21 heavy (non-hydrogen) atoms. The summed E-state index contributed by atoms with van der Waals surface area (Å²) in [6.45, 7) is 3.51. The zero-order chi connectivity index (χ0) is 15.1. The van der Waals surface area contributed by atoms with E-state index in [1.165, 1.54) is 12.3 Å². The Morgan fingerprint density at radius 1 is 1.24 bits per heavy atom. The van der Waals surface area contributed by atoms with Gasteiger partial charge in [-0.25, -0.2) is 0 Å². The minimum absolute atomic E-state index is 0.271. The molecule has 0 saturated heterocycles. The summed E-state index contributed by atoms with van der Waals surface area (Å²) in [5.74, 6) is -0.271. The quantitative estimate of drug-likeness (QED) is 0.851. The second kappa shape index (κ2) is 7.40. The summed E-state index contributed by atoms with van der Waals surface area (Å²) in [7, 11) is 0. The normalized spacial score (nSPS) is 10.3. The van der Waals surface area contributed by atoms with E-state index in [1.54, 1.807) is 6.07 Å². The highest BCUT2D eigenvalue weighted by atomic mass is 16.5. The summed E-state index contributed by atoms with van der Waals surface area (Å²) in [4.78, 5) is 25.7. The number of ether oxygens (including phenoxy) is 1. The second-order valence-electron chi connectivity index (χ2n) is 4.53. The maximum absolute atomic E-state index is 12.0. The number of aromatic nitrogens is 1. The molecule has 1 aromatic carbocycles.